The fourth-order valence-corrected chi connectivity index (χ4v) is 4.71. The van der Waals surface area contributed by atoms with Crippen molar-refractivity contribution in [3.8, 4) is 0 Å². The number of hydrogen-bond acceptors (Lipinski definition) is 2. The van der Waals surface area contributed by atoms with E-state index < -0.39 is 0 Å². The fraction of sp³-hybridized carbons (Fsp3) is 0.389. The van der Waals surface area contributed by atoms with E-state index in [4.69, 9.17) is 0 Å². The number of nitrogens with one attached hydrogen (secondary N) is 3. The summed E-state index contributed by atoms with van der Waals surface area (Å²) in [6.45, 7) is 8.07. The first-order valence-corrected chi connectivity index (χ1v) is 9.97. The van der Waals surface area contributed by atoms with Crippen LogP contribution < -0.4 is 15.1 Å². The number of halogens is 1. The summed E-state index contributed by atoms with van der Waals surface area (Å²) < 4.78 is 1.20. The Morgan fingerprint density at radius 3 is 2.58 bits per heavy atom. The van der Waals surface area contributed by atoms with Crippen LogP contribution in [0.4, 0.5) is 5.69 Å². The Labute approximate surface area is 155 Å². The minimum Gasteiger partial charge on any atom is -0.321 e. The Morgan fingerprint density at radius 2 is 1.92 bits per heavy atom. The molecule has 24 heavy (non-hydrogen) atoms. The van der Waals surface area contributed by atoms with Gasteiger partial charge in [0.2, 0.25) is 0 Å². The van der Waals surface area contributed by atoms with E-state index in [2.05, 4.69) is 33.4 Å². The molecule has 0 aliphatic carbocycles. The molecule has 1 amide bonds. The summed E-state index contributed by atoms with van der Waals surface area (Å²) in [5.74, 6) is 0.112. The van der Waals surface area contributed by atoms with Crippen molar-refractivity contribution in [3.05, 3.63) is 50.6 Å². The molecule has 0 saturated carbocycles. The van der Waals surface area contributed by atoms with Crippen molar-refractivity contribution < 1.29 is 14.6 Å². The molecule has 1 aliphatic heterocycles. The average Bonchev–Trinajstić information content (AvgIpc) is 2.94. The SMILES string of the molecule is Cc1cccc(NC(=O)C[NH+]2CC[NH+](Cc3ccc(Br)s3)CC2)c1. The second-order valence-corrected chi connectivity index (χ2v) is 9.02. The molecule has 1 fully saturated rings. The lowest BCUT2D eigenvalue weighted by molar-refractivity contribution is -1.01. The van der Waals surface area contributed by atoms with Gasteiger partial charge >= 0.3 is 0 Å². The van der Waals surface area contributed by atoms with E-state index in [1.807, 2.05) is 42.5 Å². The monoisotopic (exact) mass is 409 g/mol. The molecule has 0 radical (unpaired) electrons. The van der Waals surface area contributed by atoms with Crippen LogP contribution in [0.2, 0.25) is 0 Å². The largest absolute Gasteiger partial charge is 0.321 e. The number of quaternary nitrogens is 2. The van der Waals surface area contributed by atoms with Crippen LogP contribution in [0, 0.1) is 6.92 Å². The smallest absolute Gasteiger partial charge is 0.279 e. The highest BCUT2D eigenvalue weighted by Crippen LogP contribution is 2.21. The summed E-state index contributed by atoms with van der Waals surface area (Å²) in [4.78, 5) is 16.7. The van der Waals surface area contributed by atoms with Crippen LogP contribution >= 0.6 is 27.3 Å². The molecule has 6 heteroatoms. The Balaban J connectivity index is 1.42. The summed E-state index contributed by atoms with van der Waals surface area (Å²) >= 11 is 5.35. The molecule has 0 unspecified atom stereocenters. The minimum absolute atomic E-state index is 0.112. The second-order valence-electron chi connectivity index (χ2n) is 6.48. The van der Waals surface area contributed by atoms with Crippen LogP contribution in [0.15, 0.2) is 40.2 Å². The molecule has 0 bridgehead atoms. The van der Waals surface area contributed by atoms with E-state index in [1.54, 1.807) is 4.90 Å². The number of hydrogen-bond donors (Lipinski definition) is 3. The van der Waals surface area contributed by atoms with Crippen LogP contribution in [0.25, 0.3) is 0 Å². The quantitative estimate of drug-likeness (QED) is 0.669. The van der Waals surface area contributed by atoms with Crippen LogP contribution in [0.3, 0.4) is 0 Å². The van der Waals surface area contributed by atoms with Gasteiger partial charge in [-0.05, 0) is 52.7 Å². The third kappa shape index (κ3) is 5.14. The van der Waals surface area contributed by atoms with Crippen molar-refractivity contribution in [2.75, 3.05) is 38.0 Å². The van der Waals surface area contributed by atoms with E-state index in [1.165, 1.54) is 13.6 Å². The van der Waals surface area contributed by atoms with E-state index in [0.29, 0.717) is 6.54 Å². The number of rotatable bonds is 5. The molecule has 3 rings (SSSR count). The molecular formula is C18H24BrN3OS+2. The first-order valence-electron chi connectivity index (χ1n) is 8.36. The summed E-state index contributed by atoms with van der Waals surface area (Å²) in [6, 6.07) is 12.3. The van der Waals surface area contributed by atoms with Gasteiger partial charge in [0, 0.05) is 5.69 Å². The van der Waals surface area contributed by atoms with Gasteiger partial charge in [-0.15, -0.1) is 11.3 Å². The van der Waals surface area contributed by atoms with Crippen LogP contribution in [0.1, 0.15) is 10.4 Å². The van der Waals surface area contributed by atoms with Crippen LogP contribution in [0.5, 0.6) is 0 Å². The van der Waals surface area contributed by atoms with Crippen molar-refractivity contribution >= 4 is 38.9 Å². The maximum Gasteiger partial charge on any atom is 0.279 e. The Hall–Kier alpha value is -1.21. The lowest BCUT2D eigenvalue weighted by atomic mass is 10.2. The molecular weight excluding hydrogens is 386 g/mol. The van der Waals surface area contributed by atoms with Gasteiger partial charge in [-0.3, -0.25) is 4.79 Å². The second kappa shape index (κ2) is 8.25. The standard InChI is InChI=1S/C18H22BrN3OS/c1-14-3-2-4-15(11-14)20-18(23)13-22-9-7-21(8-10-22)12-16-5-6-17(19)24-16/h2-6,11H,7-10,12-13H2,1H3,(H,20,23)/p+2. The lowest BCUT2D eigenvalue weighted by Gasteiger charge is -2.29. The van der Waals surface area contributed by atoms with E-state index in [0.717, 1.165) is 44.0 Å². The maximum atomic E-state index is 12.2. The molecule has 4 nitrogen and oxygen atoms in total. The maximum absolute atomic E-state index is 12.2. The number of carbonyl (C=O) groups excluding carboxylic acids is 1. The minimum atomic E-state index is 0.112. The Kier molecular flexibility index (Phi) is 6.05. The third-order valence-electron chi connectivity index (χ3n) is 4.43. The van der Waals surface area contributed by atoms with Crippen molar-refractivity contribution in [2.24, 2.45) is 0 Å². The van der Waals surface area contributed by atoms with Gasteiger partial charge in [0.15, 0.2) is 6.54 Å². The van der Waals surface area contributed by atoms with Crippen LogP contribution in [-0.2, 0) is 11.3 Å². The summed E-state index contributed by atoms with van der Waals surface area (Å²) in [6.07, 6.45) is 0. The first kappa shape index (κ1) is 17.6. The molecule has 1 saturated heterocycles. The normalized spacial score (nSPS) is 20.8. The summed E-state index contributed by atoms with van der Waals surface area (Å²) in [5, 5.41) is 3.01. The van der Waals surface area contributed by atoms with Gasteiger partial charge in [0.1, 0.15) is 32.7 Å². The van der Waals surface area contributed by atoms with E-state index in [-0.39, 0.29) is 5.91 Å². The molecule has 2 aromatic rings. The number of anilines is 1. The third-order valence-corrected chi connectivity index (χ3v) is 6.05. The average molecular weight is 410 g/mol. The number of amides is 1. The molecule has 1 aromatic carbocycles. The highest BCUT2D eigenvalue weighted by Gasteiger charge is 2.25. The molecule has 1 aliphatic rings. The topological polar surface area (TPSA) is 38.0 Å². The molecule has 0 atom stereocenters. The van der Waals surface area contributed by atoms with Gasteiger partial charge in [-0.2, -0.15) is 0 Å². The van der Waals surface area contributed by atoms with E-state index in [9.17, 15) is 4.79 Å². The highest BCUT2D eigenvalue weighted by atomic mass is 79.9. The number of aryl methyl sites for hydroxylation is 1. The molecule has 2 heterocycles. The van der Waals surface area contributed by atoms with Crippen molar-refractivity contribution in [3.63, 3.8) is 0 Å². The zero-order valence-electron chi connectivity index (χ0n) is 13.9. The van der Waals surface area contributed by atoms with Gasteiger partial charge in [0.05, 0.1) is 8.66 Å². The zero-order chi connectivity index (χ0) is 16.9. The molecule has 128 valence electrons. The predicted octanol–water partition coefficient (Wildman–Crippen LogP) is 0.741. The van der Waals surface area contributed by atoms with Gasteiger partial charge in [-0.25, -0.2) is 0 Å². The lowest BCUT2D eigenvalue weighted by Crippen LogP contribution is -3.28. The molecule has 0 spiro atoms. The number of piperazine rings is 1. The zero-order valence-corrected chi connectivity index (χ0v) is 16.3. The summed E-state index contributed by atoms with van der Waals surface area (Å²) in [5.41, 5.74) is 2.06. The number of benzene rings is 1. The summed E-state index contributed by atoms with van der Waals surface area (Å²) in [7, 11) is 0. The van der Waals surface area contributed by atoms with E-state index >= 15 is 0 Å². The van der Waals surface area contributed by atoms with Gasteiger partial charge in [-0.1, -0.05) is 12.1 Å². The Bertz CT molecular complexity index is 695. The first-order chi connectivity index (χ1) is 11.6. The predicted molar refractivity (Wildman–Crippen MR) is 102 cm³/mol. The Morgan fingerprint density at radius 1 is 1.17 bits per heavy atom. The van der Waals surface area contributed by atoms with Crippen molar-refractivity contribution in [2.45, 2.75) is 13.5 Å². The molecule has 3 N–H and O–H groups in total. The van der Waals surface area contributed by atoms with Crippen molar-refractivity contribution in [1.82, 2.24) is 0 Å². The van der Waals surface area contributed by atoms with Gasteiger partial charge < -0.3 is 15.1 Å². The number of thiophene rings is 1. The molecule has 1 aromatic heterocycles. The van der Waals surface area contributed by atoms with Crippen molar-refractivity contribution in [1.29, 1.82) is 0 Å². The fourth-order valence-electron chi connectivity index (χ4n) is 3.16. The number of carbonyl (C=O) groups is 1. The van der Waals surface area contributed by atoms with Gasteiger partial charge in [0.25, 0.3) is 5.91 Å². The highest BCUT2D eigenvalue weighted by molar-refractivity contribution is 9.11. The van der Waals surface area contributed by atoms with Crippen LogP contribution in [-0.4, -0.2) is 38.6 Å².